The summed E-state index contributed by atoms with van der Waals surface area (Å²) in [5, 5.41) is 8.74. The van der Waals surface area contributed by atoms with Crippen molar-refractivity contribution >= 4 is 11.8 Å². The van der Waals surface area contributed by atoms with Gasteiger partial charge in [0.1, 0.15) is 11.9 Å². The van der Waals surface area contributed by atoms with Crippen molar-refractivity contribution in [3.63, 3.8) is 0 Å². The Bertz CT molecular complexity index is 580. The maximum atomic E-state index is 13.2. The number of benzene rings is 1. The molecule has 6 heteroatoms. The molecule has 98 valence electrons. The lowest BCUT2D eigenvalue weighted by Crippen LogP contribution is -2.50. The second kappa shape index (κ2) is 5.16. The number of hydrogen-bond acceptors (Lipinski definition) is 4. The minimum atomic E-state index is -0.673. The predicted molar refractivity (Wildman–Crippen MR) is 63.9 cm³/mol. The Hall–Kier alpha value is -2.26. The van der Waals surface area contributed by atoms with Gasteiger partial charge in [0.05, 0.1) is 18.2 Å². The van der Waals surface area contributed by atoms with Gasteiger partial charge in [-0.05, 0) is 24.1 Å². The number of halogens is 1. The molecule has 0 bridgehead atoms. The van der Waals surface area contributed by atoms with Crippen LogP contribution in [0.4, 0.5) is 4.39 Å². The van der Waals surface area contributed by atoms with Gasteiger partial charge >= 0.3 is 0 Å². The SMILES string of the molecule is N#Cc1cc(CN2C(=O)CCC(N)C2=O)ccc1F. The lowest BCUT2D eigenvalue weighted by Gasteiger charge is -2.28. The van der Waals surface area contributed by atoms with Crippen molar-refractivity contribution in [1.82, 2.24) is 4.90 Å². The third-order valence-electron chi connectivity index (χ3n) is 3.05. The Labute approximate surface area is 109 Å². The molecule has 2 amide bonds. The van der Waals surface area contributed by atoms with Crippen molar-refractivity contribution in [2.24, 2.45) is 5.73 Å². The van der Waals surface area contributed by atoms with Crippen LogP contribution in [0, 0.1) is 17.1 Å². The molecular formula is C13H12FN3O2. The maximum Gasteiger partial charge on any atom is 0.246 e. The van der Waals surface area contributed by atoms with Crippen LogP contribution in [0.3, 0.4) is 0 Å². The van der Waals surface area contributed by atoms with Gasteiger partial charge in [0, 0.05) is 6.42 Å². The lowest BCUT2D eigenvalue weighted by atomic mass is 10.0. The lowest BCUT2D eigenvalue weighted by molar-refractivity contribution is -0.149. The van der Waals surface area contributed by atoms with Gasteiger partial charge in [-0.3, -0.25) is 14.5 Å². The van der Waals surface area contributed by atoms with E-state index in [0.29, 0.717) is 12.0 Å². The highest BCUT2D eigenvalue weighted by molar-refractivity contribution is 6.00. The molecule has 1 aliphatic rings. The number of carbonyl (C=O) groups excluding carboxylic acids is 2. The molecule has 1 unspecified atom stereocenters. The number of nitrogens with two attached hydrogens (primary N) is 1. The molecule has 1 aromatic rings. The van der Waals surface area contributed by atoms with Gasteiger partial charge < -0.3 is 5.73 Å². The summed E-state index contributed by atoms with van der Waals surface area (Å²) in [4.78, 5) is 24.5. The van der Waals surface area contributed by atoms with E-state index in [-0.39, 0.29) is 24.4 Å². The Morgan fingerprint density at radius 2 is 2.21 bits per heavy atom. The zero-order chi connectivity index (χ0) is 14.0. The highest BCUT2D eigenvalue weighted by atomic mass is 19.1. The van der Waals surface area contributed by atoms with Gasteiger partial charge in [0.15, 0.2) is 0 Å². The van der Waals surface area contributed by atoms with Gasteiger partial charge in [0.25, 0.3) is 0 Å². The molecule has 0 aromatic heterocycles. The molecule has 1 heterocycles. The highest BCUT2D eigenvalue weighted by Crippen LogP contribution is 2.17. The van der Waals surface area contributed by atoms with Crippen molar-refractivity contribution < 1.29 is 14.0 Å². The molecule has 1 atom stereocenters. The van der Waals surface area contributed by atoms with Gasteiger partial charge in [-0.25, -0.2) is 4.39 Å². The van der Waals surface area contributed by atoms with E-state index < -0.39 is 17.8 Å². The van der Waals surface area contributed by atoms with Gasteiger partial charge in [-0.1, -0.05) is 6.07 Å². The number of nitriles is 1. The van der Waals surface area contributed by atoms with Crippen LogP contribution in [-0.2, 0) is 16.1 Å². The standard InChI is InChI=1S/C13H12FN3O2/c14-10-2-1-8(5-9(10)6-15)7-17-12(18)4-3-11(16)13(17)19/h1-2,5,11H,3-4,7,16H2. The van der Waals surface area contributed by atoms with Crippen LogP contribution < -0.4 is 5.73 Å². The smallest absolute Gasteiger partial charge is 0.246 e. The number of carbonyl (C=O) groups is 2. The fourth-order valence-corrected chi connectivity index (χ4v) is 1.97. The Morgan fingerprint density at radius 1 is 1.47 bits per heavy atom. The summed E-state index contributed by atoms with van der Waals surface area (Å²) in [5.41, 5.74) is 6.02. The van der Waals surface area contributed by atoms with Crippen LogP contribution in [0.1, 0.15) is 24.0 Å². The second-order valence-corrected chi connectivity index (χ2v) is 4.39. The van der Waals surface area contributed by atoms with Crippen LogP contribution in [0.5, 0.6) is 0 Å². The topological polar surface area (TPSA) is 87.2 Å². The molecule has 1 aromatic carbocycles. The van der Waals surface area contributed by atoms with Crippen LogP contribution in [0.25, 0.3) is 0 Å². The van der Waals surface area contributed by atoms with Crippen molar-refractivity contribution in [3.8, 4) is 6.07 Å². The number of nitrogens with zero attached hydrogens (tertiary/aromatic N) is 2. The molecule has 1 aliphatic heterocycles. The molecule has 19 heavy (non-hydrogen) atoms. The minimum Gasteiger partial charge on any atom is -0.320 e. The van der Waals surface area contributed by atoms with Crippen molar-refractivity contribution in [2.45, 2.75) is 25.4 Å². The number of piperidine rings is 1. The predicted octanol–water partition coefficient (Wildman–Crippen LogP) is 0.674. The van der Waals surface area contributed by atoms with Gasteiger partial charge in [-0.2, -0.15) is 5.26 Å². The zero-order valence-electron chi connectivity index (χ0n) is 10.1. The summed E-state index contributed by atoms with van der Waals surface area (Å²) >= 11 is 0. The van der Waals surface area contributed by atoms with Gasteiger partial charge in [-0.15, -0.1) is 0 Å². The van der Waals surface area contributed by atoms with E-state index >= 15 is 0 Å². The highest BCUT2D eigenvalue weighted by Gasteiger charge is 2.31. The molecule has 1 saturated heterocycles. The largest absolute Gasteiger partial charge is 0.320 e. The molecule has 0 spiro atoms. The molecule has 0 radical (unpaired) electrons. The Balaban J connectivity index is 2.23. The Morgan fingerprint density at radius 3 is 2.89 bits per heavy atom. The van der Waals surface area contributed by atoms with E-state index in [1.807, 2.05) is 0 Å². The van der Waals surface area contributed by atoms with Crippen molar-refractivity contribution in [3.05, 3.63) is 35.1 Å². The number of imide groups is 1. The van der Waals surface area contributed by atoms with E-state index in [2.05, 4.69) is 0 Å². The summed E-state index contributed by atoms with van der Waals surface area (Å²) in [6.45, 7) is 0.0142. The Kier molecular flexibility index (Phi) is 3.58. The number of amides is 2. The molecule has 2 N–H and O–H groups in total. The quantitative estimate of drug-likeness (QED) is 0.793. The first kappa shape index (κ1) is 13.2. The number of likely N-dealkylation sites (tertiary alicyclic amines) is 1. The minimum absolute atomic E-state index is 0.0142. The van der Waals surface area contributed by atoms with E-state index in [1.54, 1.807) is 6.07 Å². The third-order valence-corrected chi connectivity index (χ3v) is 3.05. The number of rotatable bonds is 2. The summed E-state index contributed by atoms with van der Waals surface area (Å²) in [6, 6.07) is 4.96. The van der Waals surface area contributed by atoms with E-state index in [4.69, 9.17) is 11.0 Å². The fraction of sp³-hybridized carbons (Fsp3) is 0.308. The van der Waals surface area contributed by atoms with E-state index in [0.717, 1.165) is 11.0 Å². The van der Waals surface area contributed by atoms with Crippen LogP contribution in [0.15, 0.2) is 18.2 Å². The first-order valence-electron chi connectivity index (χ1n) is 5.81. The average Bonchev–Trinajstić information content (AvgIpc) is 2.41. The average molecular weight is 261 g/mol. The van der Waals surface area contributed by atoms with Crippen LogP contribution >= 0.6 is 0 Å². The number of hydrogen-bond donors (Lipinski definition) is 1. The first-order valence-corrected chi connectivity index (χ1v) is 5.81. The fourth-order valence-electron chi connectivity index (χ4n) is 1.97. The molecule has 0 saturated carbocycles. The molecule has 2 rings (SSSR count). The van der Waals surface area contributed by atoms with Crippen LogP contribution in [0.2, 0.25) is 0 Å². The van der Waals surface area contributed by atoms with E-state index in [9.17, 15) is 14.0 Å². The summed E-state index contributed by atoms with van der Waals surface area (Å²) in [7, 11) is 0. The molecular weight excluding hydrogens is 249 g/mol. The normalized spacial score (nSPS) is 19.4. The van der Waals surface area contributed by atoms with Crippen molar-refractivity contribution in [1.29, 1.82) is 5.26 Å². The summed E-state index contributed by atoms with van der Waals surface area (Å²) < 4.78 is 13.2. The second-order valence-electron chi connectivity index (χ2n) is 4.39. The molecule has 1 fully saturated rings. The van der Waals surface area contributed by atoms with Crippen molar-refractivity contribution in [2.75, 3.05) is 0 Å². The van der Waals surface area contributed by atoms with Gasteiger partial charge in [0.2, 0.25) is 11.8 Å². The summed E-state index contributed by atoms with van der Waals surface area (Å²) in [5.74, 6) is -1.35. The maximum absolute atomic E-state index is 13.2. The third kappa shape index (κ3) is 2.61. The molecule has 5 nitrogen and oxygen atoms in total. The summed E-state index contributed by atoms with van der Waals surface area (Å²) in [6.07, 6.45) is 0.570. The monoisotopic (exact) mass is 261 g/mol. The zero-order valence-corrected chi connectivity index (χ0v) is 10.1. The van der Waals surface area contributed by atoms with Crippen LogP contribution in [-0.4, -0.2) is 22.8 Å². The molecule has 0 aliphatic carbocycles. The first-order chi connectivity index (χ1) is 9.02. The van der Waals surface area contributed by atoms with E-state index in [1.165, 1.54) is 12.1 Å².